The number of hydrogen-bond acceptors (Lipinski definition) is 4. The Kier molecular flexibility index (Phi) is 6.11. The molecule has 0 saturated heterocycles. The summed E-state index contributed by atoms with van der Waals surface area (Å²) in [7, 11) is 0. The molecule has 2 aromatic carbocycles. The number of aldehydes is 1. The van der Waals surface area contributed by atoms with Crippen molar-refractivity contribution in [2.45, 2.75) is 32.2 Å². The number of nitrogens with two attached hydrogens (primary N) is 1. The normalized spacial score (nSPS) is 11.9. The molecule has 1 aromatic heterocycles. The minimum atomic E-state index is -1.14. The van der Waals surface area contributed by atoms with Crippen molar-refractivity contribution in [1.82, 2.24) is 4.57 Å². The van der Waals surface area contributed by atoms with E-state index < -0.39 is 23.6 Å². The lowest BCUT2D eigenvalue weighted by atomic mass is 9.94. The number of carboxylic acid groups (broad SMARTS) is 1. The molecule has 0 saturated carbocycles. The van der Waals surface area contributed by atoms with Crippen molar-refractivity contribution in [3.8, 4) is 0 Å². The predicted molar refractivity (Wildman–Crippen MR) is 111 cm³/mol. The molecule has 7 nitrogen and oxygen atoms in total. The lowest BCUT2D eigenvalue weighted by Gasteiger charge is -2.12. The standard InChI is InChI=1S/C23H22N2O5/c1-2-18-20(21(27)22(24)28)17-12-15(16(10-11-26)23(29)30)8-9-19(17)25(18)13-14-6-4-3-5-7-14/h3-9,11-12,16H,2,10,13H2,1H3,(H2,24,28)(H,29,30). The number of carbonyl (C=O) groups is 4. The fraction of sp³-hybridized carbons (Fsp3) is 0.217. The molecule has 1 atom stereocenters. The van der Waals surface area contributed by atoms with E-state index in [1.807, 2.05) is 41.8 Å². The number of Topliss-reactive ketones (excluding diaryl/α,β-unsaturated/α-hetero) is 1. The van der Waals surface area contributed by atoms with Gasteiger partial charge in [0.15, 0.2) is 0 Å². The summed E-state index contributed by atoms with van der Waals surface area (Å²) in [5, 5.41) is 9.95. The lowest BCUT2D eigenvalue weighted by molar-refractivity contribution is -0.139. The summed E-state index contributed by atoms with van der Waals surface area (Å²) in [5.74, 6) is -4.06. The number of aliphatic carboxylic acids is 1. The topological polar surface area (TPSA) is 119 Å². The lowest BCUT2D eigenvalue weighted by Crippen LogP contribution is -2.24. The maximum Gasteiger partial charge on any atom is 0.311 e. The van der Waals surface area contributed by atoms with Crippen LogP contribution < -0.4 is 5.73 Å². The van der Waals surface area contributed by atoms with Gasteiger partial charge < -0.3 is 20.2 Å². The summed E-state index contributed by atoms with van der Waals surface area (Å²) >= 11 is 0. The van der Waals surface area contributed by atoms with Crippen LogP contribution in [0.4, 0.5) is 0 Å². The van der Waals surface area contributed by atoms with Gasteiger partial charge >= 0.3 is 5.97 Å². The number of aromatic nitrogens is 1. The molecule has 1 amide bonds. The zero-order valence-electron chi connectivity index (χ0n) is 16.5. The molecule has 30 heavy (non-hydrogen) atoms. The average Bonchev–Trinajstić information content (AvgIpc) is 3.04. The van der Waals surface area contributed by atoms with E-state index in [0.29, 0.717) is 41.4 Å². The van der Waals surface area contributed by atoms with Crippen molar-refractivity contribution in [2.24, 2.45) is 5.73 Å². The van der Waals surface area contributed by atoms with Gasteiger partial charge in [0.05, 0.1) is 11.5 Å². The van der Waals surface area contributed by atoms with E-state index in [9.17, 15) is 24.3 Å². The van der Waals surface area contributed by atoms with Crippen molar-refractivity contribution in [1.29, 1.82) is 0 Å². The fourth-order valence-corrected chi connectivity index (χ4v) is 3.81. The van der Waals surface area contributed by atoms with Crippen LogP contribution in [0.15, 0.2) is 48.5 Å². The molecule has 1 unspecified atom stereocenters. The molecule has 1 heterocycles. The van der Waals surface area contributed by atoms with Gasteiger partial charge in [-0.15, -0.1) is 0 Å². The summed E-state index contributed by atoms with van der Waals surface area (Å²) in [4.78, 5) is 47.0. The third-order valence-corrected chi connectivity index (χ3v) is 5.20. The Hall–Kier alpha value is -3.74. The maximum atomic E-state index is 12.7. The number of hydrogen-bond donors (Lipinski definition) is 2. The molecule has 3 aromatic rings. The summed E-state index contributed by atoms with van der Waals surface area (Å²) in [6.07, 6.45) is 0.837. The van der Waals surface area contributed by atoms with Gasteiger partial charge in [-0.1, -0.05) is 43.3 Å². The molecule has 154 valence electrons. The van der Waals surface area contributed by atoms with Crippen LogP contribution in [-0.2, 0) is 27.3 Å². The van der Waals surface area contributed by atoms with Crippen LogP contribution in [0.2, 0.25) is 0 Å². The van der Waals surface area contributed by atoms with Crippen LogP contribution in [0.3, 0.4) is 0 Å². The van der Waals surface area contributed by atoms with Gasteiger partial charge in [-0.3, -0.25) is 14.4 Å². The SMILES string of the molecule is CCc1c(C(=O)C(N)=O)c2cc(C(CC=O)C(=O)O)ccc2n1Cc1ccccc1. The number of primary amides is 1. The van der Waals surface area contributed by atoms with Gasteiger partial charge in [0, 0.05) is 29.6 Å². The largest absolute Gasteiger partial charge is 0.481 e. The van der Waals surface area contributed by atoms with Crippen LogP contribution in [0.5, 0.6) is 0 Å². The highest BCUT2D eigenvalue weighted by atomic mass is 16.4. The Morgan fingerprint density at radius 3 is 2.40 bits per heavy atom. The van der Waals surface area contributed by atoms with Crippen LogP contribution in [-0.4, -0.2) is 33.6 Å². The van der Waals surface area contributed by atoms with Gasteiger partial charge in [-0.25, -0.2) is 0 Å². The number of benzene rings is 2. The second kappa shape index (κ2) is 8.73. The first kappa shape index (κ1) is 21.0. The molecule has 3 rings (SSSR count). The second-order valence-corrected chi connectivity index (χ2v) is 7.01. The first-order valence-corrected chi connectivity index (χ1v) is 9.58. The molecule has 0 spiro atoms. The molecule has 7 heteroatoms. The summed E-state index contributed by atoms with van der Waals surface area (Å²) in [6, 6.07) is 14.6. The van der Waals surface area contributed by atoms with Crippen molar-refractivity contribution in [3.05, 3.63) is 70.9 Å². The smallest absolute Gasteiger partial charge is 0.311 e. The van der Waals surface area contributed by atoms with Gasteiger partial charge in [0.1, 0.15) is 6.29 Å². The van der Waals surface area contributed by atoms with Crippen LogP contribution in [0.25, 0.3) is 10.9 Å². The van der Waals surface area contributed by atoms with E-state index >= 15 is 0 Å². The van der Waals surface area contributed by atoms with Crippen LogP contribution in [0.1, 0.15) is 46.4 Å². The van der Waals surface area contributed by atoms with E-state index in [1.54, 1.807) is 18.2 Å². The quantitative estimate of drug-likeness (QED) is 0.322. The average molecular weight is 406 g/mol. The Balaban J connectivity index is 2.28. The van der Waals surface area contributed by atoms with Crippen molar-refractivity contribution in [3.63, 3.8) is 0 Å². The van der Waals surface area contributed by atoms with E-state index in [4.69, 9.17) is 5.73 Å². The first-order valence-electron chi connectivity index (χ1n) is 9.58. The molecule has 0 aliphatic heterocycles. The molecule has 3 N–H and O–H groups in total. The monoisotopic (exact) mass is 406 g/mol. The zero-order chi connectivity index (χ0) is 21.8. The predicted octanol–water partition coefficient (Wildman–Crippen LogP) is 2.68. The van der Waals surface area contributed by atoms with E-state index in [1.165, 1.54) is 0 Å². The van der Waals surface area contributed by atoms with Crippen LogP contribution >= 0.6 is 0 Å². The number of fused-ring (bicyclic) bond motifs is 1. The van der Waals surface area contributed by atoms with Crippen molar-refractivity contribution in [2.75, 3.05) is 0 Å². The minimum absolute atomic E-state index is 0.188. The summed E-state index contributed by atoms with van der Waals surface area (Å²) < 4.78 is 1.94. The number of carbonyl (C=O) groups excluding carboxylic acids is 3. The number of amides is 1. The Morgan fingerprint density at radius 2 is 1.83 bits per heavy atom. The highest BCUT2D eigenvalue weighted by Gasteiger charge is 2.27. The molecule has 0 bridgehead atoms. The summed E-state index contributed by atoms with van der Waals surface area (Å²) in [6.45, 7) is 2.35. The molecular formula is C23H22N2O5. The highest BCUT2D eigenvalue weighted by Crippen LogP contribution is 2.32. The number of rotatable bonds is 9. The Morgan fingerprint density at radius 1 is 1.13 bits per heavy atom. The number of ketones is 1. The minimum Gasteiger partial charge on any atom is -0.481 e. The van der Waals surface area contributed by atoms with Gasteiger partial charge in [0.25, 0.3) is 11.7 Å². The Bertz CT molecular complexity index is 1130. The van der Waals surface area contributed by atoms with E-state index in [-0.39, 0.29) is 12.0 Å². The fourth-order valence-electron chi connectivity index (χ4n) is 3.81. The molecule has 0 fully saturated rings. The van der Waals surface area contributed by atoms with Crippen molar-refractivity contribution < 1.29 is 24.3 Å². The maximum absolute atomic E-state index is 12.7. The third kappa shape index (κ3) is 3.87. The first-order chi connectivity index (χ1) is 14.4. The van der Waals surface area contributed by atoms with Gasteiger partial charge in [0.2, 0.25) is 0 Å². The number of nitrogens with zero attached hydrogens (tertiary/aromatic N) is 1. The Labute approximate surface area is 173 Å². The van der Waals surface area contributed by atoms with E-state index in [0.717, 1.165) is 5.56 Å². The molecule has 0 aliphatic carbocycles. The van der Waals surface area contributed by atoms with Crippen LogP contribution in [0, 0.1) is 0 Å². The third-order valence-electron chi connectivity index (χ3n) is 5.20. The second-order valence-electron chi connectivity index (χ2n) is 7.01. The van der Waals surface area contributed by atoms with Crippen molar-refractivity contribution >= 4 is 34.8 Å². The molecule has 0 aliphatic rings. The number of carboxylic acids is 1. The molecular weight excluding hydrogens is 384 g/mol. The summed E-state index contributed by atoms with van der Waals surface area (Å²) in [5.41, 5.74) is 8.23. The zero-order valence-corrected chi connectivity index (χ0v) is 16.5. The van der Waals surface area contributed by atoms with Gasteiger partial charge in [-0.05, 0) is 29.7 Å². The van der Waals surface area contributed by atoms with E-state index in [2.05, 4.69) is 0 Å². The van der Waals surface area contributed by atoms with Gasteiger partial charge in [-0.2, -0.15) is 0 Å². The molecule has 0 radical (unpaired) electrons. The highest BCUT2D eigenvalue weighted by molar-refractivity contribution is 6.45.